The summed E-state index contributed by atoms with van der Waals surface area (Å²) in [4.78, 5) is 17.5. The van der Waals surface area contributed by atoms with Crippen LogP contribution < -0.4 is 10.9 Å². The minimum absolute atomic E-state index is 0.0732. The number of rotatable bonds is 7. The van der Waals surface area contributed by atoms with E-state index in [0.717, 1.165) is 0 Å². The zero-order valence-electron chi connectivity index (χ0n) is 17.7. The van der Waals surface area contributed by atoms with Gasteiger partial charge >= 0.3 is 0 Å². The zero-order chi connectivity index (χ0) is 22.9. The molecule has 0 aliphatic carbocycles. The molecule has 0 saturated carbocycles. The van der Waals surface area contributed by atoms with Crippen molar-refractivity contribution in [1.29, 1.82) is 0 Å². The summed E-state index contributed by atoms with van der Waals surface area (Å²) in [7, 11) is 0. The Morgan fingerprint density at radius 1 is 1.25 bits per heavy atom. The van der Waals surface area contributed by atoms with Crippen molar-refractivity contribution in [3.63, 3.8) is 0 Å². The van der Waals surface area contributed by atoms with E-state index in [1.165, 1.54) is 23.0 Å². The van der Waals surface area contributed by atoms with Crippen LogP contribution in [0, 0.1) is 5.82 Å². The van der Waals surface area contributed by atoms with E-state index in [2.05, 4.69) is 15.4 Å². The molecule has 4 aromatic rings. The molecule has 0 aliphatic heterocycles. The van der Waals surface area contributed by atoms with Gasteiger partial charge in [-0.05, 0) is 25.5 Å². The minimum atomic E-state index is -0.555. The van der Waals surface area contributed by atoms with Crippen LogP contribution in [-0.4, -0.2) is 36.6 Å². The number of pyridine rings is 2. The maximum Gasteiger partial charge on any atom is 0.266 e. The fraction of sp³-hybridized carbons (Fsp3) is 0.261. The largest absolute Gasteiger partial charge is 0.394 e. The highest BCUT2D eigenvalue weighted by atomic mass is 35.5. The molecular weight excluding hydrogens is 433 g/mol. The van der Waals surface area contributed by atoms with Crippen molar-refractivity contribution in [2.24, 2.45) is 0 Å². The highest BCUT2D eigenvalue weighted by Crippen LogP contribution is 2.25. The monoisotopic (exact) mass is 455 g/mol. The third-order valence-electron chi connectivity index (χ3n) is 5.64. The van der Waals surface area contributed by atoms with Gasteiger partial charge in [-0.15, -0.1) is 0 Å². The molecule has 1 aromatic carbocycles. The Balaban J connectivity index is 1.73. The van der Waals surface area contributed by atoms with E-state index < -0.39 is 5.54 Å². The van der Waals surface area contributed by atoms with Crippen LogP contribution in [0.3, 0.4) is 0 Å². The number of anilines is 1. The van der Waals surface area contributed by atoms with Crippen molar-refractivity contribution in [1.82, 2.24) is 19.3 Å². The Hall–Kier alpha value is -3.23. The number of nitrogens with one attached hydrogen (secondary N) is 1. The van der Waals surface area contributed by atoms with Crippen LogP contribution in [0.2, 0.25) is 5.02 Å². The lowest BCUT2D eigenvalue weighted by molar-refractivity contribution is 0.218. The lowest BCUT2D eigenvalue weighted by Crippen LogP contribution is -2.38. The topological polar surface area (TPSA) is 85.0 Å². The molecule has 1 atom stereocenters. The highest BCUT2D eigenvalue weighted by Gasteiger charge is 2.22. The Kier molecular flexibility index (Phi) is 5.99. The molecule has 0 spiro atoms. The van der Waals surface area contributed by atoms with Crippen molar-refractivity contribution in [2.75, 3.05) is 11.9 Å². The van der Waals surface area contributed by atoms with Gasteiger partial charge in [-0.2, -0.15) is 5.10 Å². The van der Waals surface area contributed by atoms with Crippen molar-refractivity contribution in [3.05, 3.63) is 81.7 Å². The summed E-state index contributed by atoms with van der Waals surface area (Å²) in [6.45, 7) is 3.97. The van der Waals surface area contributed by atoms with Crippen LogP contribution in [0.1, 0.15) is 25.8 Å². The predicted octanol–water partition coefficient (Wildman–Crippen LogP) is 4.00. The second kappa shape index (κ2) is 8.72. The second-order valence-corrected chi connectivity index (χ2v) is 8.31. The van der Waals surface area contributed by atoms with Crippen LogP contribution in [0.25, 0.3) is 16.6 Å². The first kappa shape index (κ1) is 22.0. The highest BCUT2D eigenvalue weighted by molar-refractivity contribution is 6.32. The summed E-state index contributed by atoms with van der Waals surface area (Å²) >= 11 is 6.36. The van der Waals surface area contributed by atoms with E-state index in [1.807, 2.05) is 13.8 Å². The van der Waals surface area contributed by atoms with Gasteiger partial charge < -0.3 is 10.4 Å². The number of aliphatic hydroxyl groups is 1. The molecule has 3 aromatic heterocycles. The second-order valence-electron chi connectivity index (χ2n) is 7.90. The van der Waals surface area contributed by atoms with Crippen LogP contribution in [0.15, 0.2) is 59.8 Å². The van der Waals surface area contributed by atoms with E-state index in [4.69, 9.17) is 11.6 Å². The third-order valence-corrected chi connectivity index (χ3v) is 5.93. The van der Waals surface area contributed by atoms with E-state index in [0.29, 0.717) is 39.4 Å². The molecule has 0 bridgehead atoms. The van der Waals surface area contributed by atoms with Crippen molar-refractivity contribution in [2.45, 2.75) is 32.4 Å². The van der Waals surface area contributed by atoms with Crippen molar-refractivity contribution >= 4 is 28.3 Å². The summed E-state index contributed by atoms with van der Waals surface area (Å²) in [5.74, 6) is 0.167. The molecule has 4 rings (SSSR count). The zero-order valence-corrected chi connectivity index (χ0v) is 18.5. The summed E-state index contributed by atoms with van der Waals surface area (Å²) < 4.78 is 17.1. The van der Waals surface area contributed by atoms with E-state index >= 15 is 0 Å². The maximum atomic E-state index is 14.0. The summed E-state index contributed by atoms with van der Waals surface area (Å²) in [6, 6.07) is 9.89. The van der Waals surface area contributed by atoms with Gasteiger partial charge in [0.15, 0.2) is 0 Å². The number of halogens is 2. The molecule has 2 N–H and O–H groups in total. The lowest BCUT2D eigenvalue weighted by atomic mass is 10.0. The van der Waals surface area contributed by atoms with Gasteiger partial charge in [-0.3, -0.25) is 14.0 Å². The number of benzene rings is 1. The smallest absolute Gasteiger partial charge is 0.266 e. The average molecular weight is 456 g/mol. The van der Waals surface area contributed by atoms with E-state index in [-0.39, 0.29) is 24.5 Å². The summed E-state index contributed by atoms with van der Waals surface area (Å²) in [6.07, 6.45) is 5.23. The molecule has 32 heavy (non-hydrogen) atoms. The van der Waals surface area contributed by atoms with Crippen molar-refractivity contribution < 1.29 is 9.50 Å². The van der Waals surface area contributed by atoms with Gasteiger partial charge in [0.2, 0.25) is 0 Å². The molecule has 0 fully saturated rings. The van der Waals surface area contributed by atoms with Gasteiger partial charge in [0, 0.05) is 17.8 Å². The number of hydrogen-bond acceptors (Lipinski definition) is 5. The van der Waals surface area contributed by atoms with Crippen LogP contribution in [0.5, 0.6) is 0 Å². The summed E-state index contributed by atoms with van der Waals surface area (Å²) in [5, 5.41) is 17.9. The standard InChI is InChI=1S/C23H23ClFN5O2/c1-3-23(2,14-31)28-21-10-20(17(24)12-26-21)29-9-8-19-16(22(29)32)11-27-30(19)13-15-6-4-5-7-18(15)25/h4-12,31H,3,13-14H2,1-2H3,(H,26,28). The predicted molar refractivity (Wildman–Crippen MR) is 123 cm³/mol. The quantitative estimate of drug-likeness (QED) is 0.440. The Labute approximate surface area is 189 Å². The molecule has 9 heteroatoms. The molecule has 166 valence electrons. The van der Waals surface area contributed by atoms with Gasteiger partial charge in [-0.25, -0.2) is 9.37 Å². The first-order chi connectivity index (χ1) is 15.3. The number of hydrogen-bond donors (Lipinski definition) is 2. The van der Waals surface area contributed by atoms with Gasteiger partial charge in [0.25, 0.3) is 5.56 Å². The van der Waals surface area contributed by atoms with Gasteiger partial charge in [0.05, 0.1) is 52.7 Å². The molecule has 0 radical (unpaired) electrons. The average Bonchev–Trinajstić information content (AvgIpc) is 3.21. The Morgan fingerprint density at radius 2 is 2.03 bits per heavy atom. The molecule has 3 heterocycles. The number of nitrogens with zero attached hydrogens (tertiary/aromatic N) is 4. The molecule has 1 unspecified atom stereocenters. The van der Waals surface area contributed by atoms with Gasteiger partial charge in [0.1, 0.15) is 11.6 Å². The summed E-state index contributed by atoms with van der Waals surface area (Å²) in [5.41, 5.74) is 0.672. The minimum Gasteiger partial charge on any atom is -0.394 e. The lowest BCUT2D eigenvalue weighted by Gasteiger charge is -2.28. The molecular formula is C23H23ClFN5O2. The molecule has 7 nitrogen and oxygen atoms in total. The van der Waals surface area contributed by atoms with Crippen LogP contribution in [0.4, 0.5) is 10.2 Å². The fourth-order valence-corrected chi connectivity index (χ4v) is 3.61. The van der Waals surface area contributed by atoms with E-state index in [1.54, 1.807) is 41.2 Å². The first-order valence-electron chi connectivity index (χ1n) is 10.2. The van der Waals surface area contributed by atoms with E-state index in [9.17, 15) is 14.3 Å². The van der Waals surface area contributed by atoms with Crippen molar-refractivity contribution in [3.8, 4) is 5.69 Å². The first-order valence-corrected chi connectivity index (χ1v) is 10.6. The van der Waals surface area contributed by atoms with Crippen LogP contribution >= 0.6 is 11.6 Å². The molecule has 0 aliphatic rings. The normalized spacial score (nSPS) is 13.3. The SMILES string of the molecule is CCC(C)(CO)Nc1cc(-n2ccc3c(cnn3Cc3ccccc3F)c2=O)c(Cl)cn1. The van der Waals surface area contributed by atoms with Gasteiger partial charge in [-0.1, -0.05) is 36.7 Å². The Morgan fingerprint density at radius 3 is 2.75 bits per heavy atom. The van der Waals surface area contributed by atoms with Crippen LogP contribution in [-0.2, 0) is 6.54 Å². The fourth-order valence-electron chi connectivity index (χ4n) is 3.41. The number of fused-ring (bicyclic) bond motifs is 1. The molecule has 0 saturated heterocycles. The Bertz CT molecular complexity index is 1330. The third kappa shape index (κ3) is 4.11. The molecule has 0 amide bonds. The maximum absolute atomic E-state index is 14.0. The number of aromatic nitrogens is 4. The number of aliphatic hydroxyl groups excluding tert-OH is 1.